The Labute approximate surface area is 152 Å². The molecule has 6 nitrogen and oxygen atoms in total. The first kappa shape index (κ1) is 17.7. The average Bonchev–Trinajstić information content (AvgIpc) is 3.12. The molecule has 26 heavy (non-hydrogen) atoms. The molecule has 0 aliphatic carbocycles. The predicted molar refractivity (Wildman–Crippen MR) is 102 cm³/mol. The van der Waals surface area contributed by atoms with Crippen molar-refractivity contribution in [3.05, 3.63) is 54.1 Å². The smallest absolute Gasteiger partial charge is 0.319 e. The maximum absolute atomic E-state index is 12.0. The van der Waals surface area contributed by atoms with Crippen molar-refractivity contribution in [3.63, 3.8) is 0 Å². The third kappa shape index (κ3) is 4.08. The number of nitrogens with zero attached hydrogens (tertiary/aromatic N) is 2. The number of amides is 2. The van der Waals surface area contributed by atoms with E-state index < -0.39 is 0 Å². The van der Waals surface area contributed by atoms with Crippen LogP contribution in [0.3, 0.4) is 0 Å². The molecular weight excluding hydrogens is 328 g/mol. The second-order valence-corrected chi connectivity index (χ2v) is 6.23. The van der Waals surface area contributed by atoms with Crippen molar-refractivity contribution in [3.8, 4) is 22.8 Å². The largest absolute Gasteiger partial charge is 0.335 e. The van der Waals surface area contributed by atoms with Gasteiger partial charge in [0.1, 0.15) is 0 Å². The quantitative estimate of drug-likeness (QED) is 0.703. The molecule has 0 aliphatic rings. The van der Waals surface area contributed by atoms with E-state index in [9.17, 15) is 4.79 Å². The maximum atomic E-state index is 12.0. The van der Waals surface area contributed by atoms with E-state index in [2.05, 4.69) is 20.8 Å². The number of carbonyl (C=O) groups is 1. The van der Waals surface area contributed by atoms with Crippen LogP contribution in [0.5, 0.6) is 0 Å². The van der Waals surface area contributed by atoms with Crippen LogP contribution in [0.2, 0.25) is 0 Å². The van der Waals surface area contributed by atoms with Gasteiger partial charge in [-0.15, -0.1) is 0 Å². The number of benzene rings is 2. The fraction of sp³-hybridized carbons (Fsp3) is 0.250. The molecule has 3 aromatic rings. The maximum Gasteiger partial charge on any atom is 0.319 e. The fourth-order valence-corrected chi connectivity index (χ4v) is 2.49. The molecule has 134 valence electrons. The zero-order chi connectivity index (χ0) is 18.5. The lowest BCUT2D eigenvalue weighted by Crippen LogP contribution is -2.35. The molecule has 0 fully saturated rings. The van der Waals surface area contributed by atoms with Gasteiger partial charge < -0.3 is 15.2 Å². The van der Waals surface area contributed by atoms with E-state index in [1.54, 1.807) is 0 Å². The van der Waals surface area contributed by atoms with Gasteiger partial charge in [-0.25, -0.2) is 4.79 Å². The molecule has 2 amide bonds. The highest BCUT2D eigenvalue weighted by Crippen LogP contribution is 2.25. The molecular formula is C20H22N4O2. The highest BCUT2D eigenvalue weighted by Gasteiger charge is 2.13. The summed E-state index contributed by atoms with van der Waals surface area (Å²) in [4.78, 5) is 16.5. The molecule has 0 bridgehead atoms. The second-order valence-electron chi connectivity index (χ2n) is 6.23. The number of aromatic nitrogens is 2. The van der Waals surface area contributed by atoms with Crippen molar-refractivity contribution in [2.24, 2.45) is 0 Å². The Morgan fingerprint density at radius 1 is 1.19 bits per heavy atom. The summed E-state index contributed by atoms with van der Waals surface area (Å²) in [5.74, 6) is 0.959. The van der Waals surface area contributed by atoms with Gasteiger partial charge in [0.2, 0.25) is 5.82 Å². The lowest BCUT2D eigenvalue weighted by atomic mass is 10.1. The summed E-state index contributed by atoms with van der Waals surface area (Å²) >= 11 is 0. The Balaban J connectivity index is 1.79. The van der Waals surface area contributed by atoms with Gasteiger partial charge in [0.15, 0.2) is 0 Å². The van der Waals surface area contributed by atoms with Gasteiger partial charge in [0, 0.05) is 22.9 Å². The van der Waals surface area contributed by atoms with Crippen LogP contribution < -0.4 is 10.6 Å². The summed E-state index contributed by atoms with van der Waals surface area (Å²) in [5, 5.41) is 9.77. The molecule has 6 heteroatoms. The van der Waals surface area contributed by atoms with Gasteiger partial charge in [-0.2, -0.15) is 4.98 Å². The van der Waals surface area contributed by atoms with Crippen LogP contribution in [-0.2, 0) is 0 Å². The van der Waals surface area contributed by atoms with E-state index in [4.69, 9.17) is 4.52 Å². The molecule has 2 aromatic carbocycles. The normalized spacial score (nSPS) is 11.8. The number of aryl methyl sites for hydroxylation is 1. The zero-order valence-electron chi connectivity index (χ0n) is 15.1. The van der Waals surface area contributed by atoms with E-state index >= 15 is 0 Å². The van der Waals surface area contributed by atoms with Crippen LogP contribution in [0, 0.1) is 6.92 Å². The summed E-state index contributed by atoms with van der Waals surface area (Å²) in [6.45, 7) is 5.98. The van der Waals surface area contributed by atoms with Crippen molar-refractivity contribution in [2.75, 3.05) is 5.32 Å². The van der Waals surface area contributed by atoms with Gasteiger partial charge in [0.05, 0.1) is 0 Å². The zero-order valence-corrected chi connectivity index (χ0v) is 15.1. The topological polar surface area (TPSA) is 80.0 Å². The number of anilines is 1. The van der Waals surface area contributed by atoms with Crippen LogP contribution in [0.4, 0.5) is 10.5 Å². The van der Waals surface area contributed by atoms with E-state index in [0.29, 0.717) is 17.4 Å². The number of nitrogens with one attached hydrogen (secondary N) is 2. The van der Waals surface area contributed by atoms with Crippen LogP contribution in [0.25, 0.3) is 22.8 Å². The highest BCUT2D eigenvalue weighted by molar-refractivity contribution is 5.90. The van der Waals surface area contributed by atoms with Gasteiger partial charge in [-0.1, -0.05) is 42.4 Å². The Morgan fingerprint density at radius 3 is 2.77 bits per heavy atom. The van der Waals surface area contributed by atoms with Gasteiger partial charge in [-0.05, 0) is 44.0 Å². The van der Waals surface area contributed by atoms with E-state index in [1.807, 2.05) is 69.3 Å². The van der Waals surface area contributed by atoms with E-state index in [-0.39, 0.29) is 12.1 Å². The monoisotopic (exact) mass is 350 g/mol. The van der Waals surface area contributed by atoms with Crippen LogP contribution in [-0.4, -0.2) is 22.2 Å². The molecule has 0 aliphatic heterocycles. The number of rotatable bonds is 5. The van der Waals surface area contributed by atoms with E-state index in [0.717, 1.165) is 23.1 Å². The Morgan fingerprint density at radius 2 is 2.00 bits per heavy atom. The number of hydrogen-bond donors (Lipinski definition) is 2. The third-order valence-electron chi connectivity index (χ3n) is 4.17. The van der Waals surface area contributed by atoms with Crippen molar-refractivity contribution >= 4 is 11.7 Å². The minimum Gasteiger partial charge on any atom is -0.335 e. The molecule has 0 saturated heterocycles. The first-order valence-electron chi connectivity index (χ1n) is 8.64. The summed E-state index contributed by atoms with van der Waals surface area (Å²) in [6, 6.07) is 15.1. The van der Waals surface area contributed by atoms with Crippen LogP contribution >= 0.6 is 0 Å². The highest BCUT2D eigenvalue weighted by atomic mass is 16.5. The van der Waals surface area contributed by atoms with Gasteiger partial charge in [-0.3, -0.25) is 0 Å². The Bertz CT molecular complexity index is 904. The summed E-state index contributed by atoms with van der Waals surface area (Å²) < 4.78 is 5.41. The van der Waals surface area contributed by atoms with Crippen molar-refractivity contribution in [1.82, 2.24) is 15.5 Å². The van der Waals surface area contributed by atoms with Crippen LogP contribution in [0.15, 0.2) is 53.1 Å². The molecule has 0 saturated carbocycles. The fourth-order valence-electron chi connectivity index (χ4n) is 2.49. The third-order valence-corrected chi connectivity index (χ3v) is 4.17. The molecule has 0 spiro atoms. The lowest BCUT2D eigenvalue weighted by molar-refractivity contribution is 0.249. The average molecular weight is 350 g/mol. The first-order chi connectivity index (χ1) is 12.6. The molecule has 0 radical (unpaired) electrons. The Kier molecular flexibility index (Phi) is 5.31. The molecule has 1 heterocycles. The predicted octanol–water partition coefficient (Wildman–Crippen LogP) is 4.63. The van der Waals surface area contributed by atoms with Gasteiger partial charge >= 0.3 is 6.03 Å². The summed E-state index contributed by atoms with van der Waals surface area (Å²) in [5.41, 5.74) is 3.42. The summed E-state index contributed by atoms with van der Waals surface area (Å²) in [6.07, 6.45) is 0.873. The molecule has 1 unspecified atom stereocenters. The van der Waals surface area contributed by atoms with Crippen molar-refractivity contribution < 1.29 is 9.32 Å². The lowest BCUT2D eigenvalue weighted by Gasteiger charge is -2.12. The molecule has 3 rings (SSSR count). The second kappa shape index (κ2) is 7.82. The first-order valence-corrected chi connectivity index (χ1v) is 8.64. The number of carbonyl (C=O) groups excluding carboxylic acids is 1. The summed E-state index contributed by atoms with van der Waals surface area (Å²) in [7, 11) is 0. The van der Waals surface area contributed by atoms with Gasteiger partial charge in [0.25, 0.3) is 5.89 Å². The minimum absolute atomic E-state index is 0.118. The molecule has 1 aromatic heterocycles. The van der Waals surface area contributed by atoms with Crippen molar-refractivity contribution in [1.29, 1.82) is 0 Å². The molecule has 2 N–H and O–H groups in total. The standard InChI is InChI=1S/C20H22N4O2/c1-4-14(3)21-20(25)22-16-10-7-9-15(12-16)18-23-19(26-24-18)17-11-6-5-8-13(17)2/h5-12,14H,4H2,1-3H3,(H2,21,22,25). The number of urea groups is 1. The van der Waals surface area contributed by atoms with Crippen molar-refractivity contribution in [2.45, 2.75) is 33.2 Å². The minimum atomic E-state index is -0.231. The Hall–Kier alpha value is -3.15. The SMILES string of the molecule is CCC(C)NC(=O)Nc1cccc(-c2noc(-c3ccccc3C)n2)c1. The van der Waals surface area contributed by atoms with E-state index in [1.165, 1.54) is 0 Å². The molecule has 1 atom stereocenters. The number of hydrogen-bond acceptors (Lipinski definition) is 4. The van der Waals surface area contributed by atoms with Crippen LogP contribution in [0.1, 0.15) is 25.8 Å².